The van der Waals surface area contributed by atoms with E-state index in [1.54, 1.807) is 23.5 Å². The van der Waals surface area contributed by atoms with Gasteiger partial charge in [-0.3, -0.25) is 19.5 Å². The number of aryl methyl sites for hydroxylation is 1. The molecule has 0 aliphatic carbocycles. The highest BCUT2D eigenvalue weighted by molar-refractivity contribution is 5.95. The maximum absolute atomic E-state index is 12.7. The second-order valence-corrected chi connectivity index (χ2v) is 6.69. The first-order chi connectivity index (χ1) is 14.0. The van der Waals surface area contributed by atoms with Gasteiger partial charge >= 0.3 is 0 Å². The third-order valence-electron chi connectivity index (χ3n) is 4.77. The Morgan fingerprint density at radius 3 is 2.55 bits per heavy atom. The Bertz CT molecular complexity index is 1040. The molecule has 3 aromatic rings. The van der Waals surface area contributed by atoms with Crippen LogP contribution in [0.25, 0.3) is 5.82 Å². The molecule has 29 heavy (non-hydrogen) atoms. The molecule has 0 bridgehead atoms. The largest absolute Gasteiger partial charge is 0.353 e. The molecule has 1 aromatic carbocycles. The standard InChI is InChI=1S/C19H19N7O3/c1-14-21-17(12-18(22-14)25-6-5-20-13-25)23-7-9-24(10-8-23)19(27)15-3-2-4-16(11-15)26(28)29/h2-6,11-13H,7-10H2,1H3. The Hall–Kier alpha value is -3.82. The van der Waals surface area contributed by atoms with E-state index in [2.05, 4.69) is 19.9 Å². The zero-order valence-electron chi connectivity index (χ0n) is 15.8. The summed E-state index contributed by atoms with van der Waals surface area (Å²) in [6.07, 6.45) is 5.19. The van der Waals surface area contributed by atoms with Crippen LogP contribution in [0, 0.1) is 17.0 Å². The first-order valence-electron chi connectivity index (χ1n) is 9.14. The molecule has 2 aromatic heterocycles. The Morgan fingerprint density at radius 2 is 1.86 bits per heavy atom. The lowest BCUT2D eigenvalue weighted by atomic mass is 10.1. The number of rotatable bonds is 4. The fourth-order valence-corrected chi connectivity index (χ4v) is 3.30. The molecule has 10 heteroatoms. The Morgan fingerprint density at radius 1 is 1.10 bits per heavy atom. The van der Waals surface area contributed by atoms with Gasteiger partial charge in [-0.05, 0) is 13.0 Å². The van der Waals surface area contributed by atoms with Gasteiger partial charge in [0.05, 0.1) is 4.92 Å². The van der Waals surface area contributed by atoms with Crippen molar-refractivity contribution in [1.82, 2.24) is 24.4 Å². The molecular formula is C19H19N7O3. The second kappa shape index (κ2) is 7.66. The summed E-state index contributed by atoms with van der Waals surface area (Å²) in [5, 5.41) is 10.9. The molecule has 148 valence electrons. The van der Waals surface area contributed by atoms with Gasteiger partial charge in [0, 0.05) is 62.3 Å². The lowest BCUT2D eigenvalue weighted by molar-refractivity contribution is -0.384. The van der Waals surface area contributed by atoms with E-state index in [9.17, 15) is 14.9 Å². The van der Waals surface area contributed by atoms with Gasteiger partial charge in [0.25, 0.3) is 11.6 Å². The summed E-state index contributed by atoms with van der Waals surface area (Å²) in [7, 11) is 0. The van der Waals surface area contributed by atoms with Gasteiger partial charge in [0.15, 0.2) is 0 Å². The molecule has 0 radical (unpaired) electrons. The van der Waals surface area contributed by atoms with Crippen molar-refractivity contribution in [2.24, 2.45) is 0 Å². The lowest BCUT2D eigenvalue weighted by Crippen LogP contribution is -2.49. The molecule has 1 amide bonds. The summed E-state index contributed by atoms with van der Waals surface area (Å²) in [5.41, 5.74) is 0.242. The van der Waals surface area contributed by atoms with E-state index in [1.807, 2.05) is 23.8 Å². The van der Waals surface area contributed by atoms with E-state index >= 15 is 0 Å². The predicted molar refractivity (Wildman–Crippen MR) is 105 cm³/mol. The van der Waals surface area contributed by atoms with Crippen LogP contribution in [0.15, 0.2) is 49.1 Å². The van der Waals surface area contributed by atoms with E-state index in [0.29, 0.717) is 37.6 Å². The maximum Gasteiger partial charge on any atom is 0.270 e. The summed E-state index contributed by atoms with van der Waals surface area (Å²) in [6, 6.07) is 7.73. The molecule has 1 aliphatic heterocycles. The van der Waals surface area contributed by atoms with Crippen molar-refractivity contribution in [3.05, 3.63) is 70.6 Å². The van der Waals surface area contributed by atoms with E-state index < -0.39 is 4.92 Å². The zero-order valence-corrected chi connectivity index (χ0v) is 15.8. The van der Waals surface area contributed by atoms with Gasteiger partial charge < -0.3 is 9.80 Å². The van der Waals surface area contributed by atoms with Crippen LogP contribution in [0.1, 0.15) is 16.2 Å². The van der Waals surface area contributed by atoms with Crippen LogP contribution in [0.5, 0.6) is 0 Å². The fourth-order valence-electron chi connectivity index (χ4n) is 3.30. The molecule has 0 unspecified atom stereocenters. The first-order valence-corrected chi connectivity index (χ1v) is 9.14. The average molecular weight is 393 g/mol. The molecule has 1 aliphatic rings. The number of aromatic nitrogens is 4. The minimum atomic E-state index is -0.496. The molecule has 10 nitrogen and oxygen atoms in total. The van der Waals surface area contributed by atoms with Crippen LogP contribution in [-0.4, -0.2) is 61.4 Å². The first kappa shape index (κ1) is 18.5. The van der Waals surface area contributed by atoms with Crippen LogP contribution in [0.4, 0.5) is 11.5 Å². The van der Waals surface area contributed by atoms with E-state index in [4.69, 9.17) is 0 Å². The number of hydrogen-bond acceptors (Lipinski definition) is 7. The summed E-state index contributed by atoms with van der Waals surface area (Å²) >= 11 is 0. The van der Waals surface area contributed by atoms with Gasteiger partial charge in [0.1, 0.15) is 23.8 Å². The number of nitro benzene ring substituents is 1. The molecule has 0 saturated carbocycles. The van der Waals surface area contributed by atoms with E-state index in [0.717, 1.165) is 11.6 Å². The number of anilines is 1. The monoisotopic (exact) mass is 393 g/mol. The number of imidazole rings is 1. The summed E-state index contributed by atoms with van der Waals surface area (Å²) < 4.78 is 1.82. The number of nitro groups is 1. The number of amides is 1. The molecule has 4 rings (SSSR count). The van der Waals surface area contributed by atoms with Gasteiger partial charge in [-0.2, -0.15) is 0 Å². The topological polar surface area (TPSA) is 110 Å². The van der Waals surface area contributed by atoms with Gasteiger partial charge in [-0.1, -0.05) is 6.07 Å². The molecule has 0 atom stereocenters. The third-order valence-corrected chi connectivity index (χ3v) is 4.77. The summed E-state index contributed by atoms with van der Waals surface area (Å²) in [6.45, 7) is 4.07. The number of carbonyl (C=O) groups is 1. The quantitative estimate of drug-likeness (QED) is 0.491. The number of nitrogens with zero attached hydrogens (tertiary/aromatic N) is 7. The number of benzene rings is 1. The van der Waals surface area contributed by atoms with Crippen molar-refractivity contribution >= 4 is 17.4 Å². The van der Waals surface area contributed by atoms with Gasteiger partial charge in [-0.15, -0.1) is 0 Å². The average Bonchev–Trinajstić information content (AvgIpc) is 3.28. The third kappa shape index (κ3) is 3.91. The van der Waals surface area contributed by atoms with Crippen molar-refractivity contribution in [2.45, 2.75) is 6.92 Å². The normalized spacial score (nSPS) is 14.1. The highest BCUT2D eigenvalue weighted by Crippen LogP contribution is 2.19. The van der Waals surface area contributed by atoms with E-state index in [-0.39, 0.29) is 11.6 Å². The molecule has 0 N–H and O–H groups in total. The van der Waals surface area contributed by atoms with Crippen molar-refractivity contribution in [3.8, 4) is 5.82 Å². The van der Waals surface area contributed by atoms with Crippen LogP contribution in [0.3, 0.4) is 0 Å². The number of carbonyl (C=O) groups excluding carboxylic acids is 1. The second-order valence-electron chi connectivity index (χ2n) is 6.69. The smallest absolute Gasteiger partial charge is 0.270 e. The SMILES string of the molecule is Cc1nc(N2CCN(C(=O)c3cccc([N+](=O)[O-])c3)CC2)cc(-n2ccnc2)n1. The van der Waals surface area contributed by atoms with Gasteiger partial charge in [-0.25, -0.2) is 15.0 Å². The molecule has 3 heterocycles. The Labute approximate surface area is 166 Å². The fraction of sp³-hybridized carbons (Fsp3) is 0.263. The van der Waals surface area contributed by atoms with Crippen LogP contribution < -0.4 is 4.90 Å². The molecule has 0 spiro atoms. The van der Waals surface area contributed by atoms with Crippen LogP contribution in [0.2, 0.25) is 0 Å². The highest BCUT2D eigenvalue weighted by atomic mass is 16.6. The van der Waals surface area contributed by atoms with Crippen molar-refractivity contribution in [2.75, 3.05) is 31.1 Å². The van der Waals surface area contributed by atoms with Crippen LogP contribution >= 0.6 is 0 Å². The molecule has 1 fully saturated rings. The van der Waals surface area contributed by atoms with Crippen LogP contribution in [-0.2, 0) is 0 Å². The van der Waals surface area contributed by atoms with Crippen molar-refractivity contribution in [3.63, 3.8) is 0 Å². The Kier molecular flexibility index (Phi) is 4.90. The summed E-state index contributed by atoms with van der Waals surface area (Å²) in [5.74, 6) is 1.98. The number of non-ortho nitro benzene ring substituents is 1. The van der Waals surface area contributed by atoms with E-state index in [1.165, 1.54) is 18.2 Å². The maximum atomic E-state index is 12.7. The summed E-state index contributed by atoms with van der Waals surface area (Å²) in [4.78, 5) is 40.0. The minimum Gasteiger partial charge on any atom is -0.353 e. The number of hydrogen-bond donors (Lipinski definition) is 0. The van der Waals surface area contributed by atoms with Gasteiger partial charge in [0.2, 0.25) is 0 Å². The minimum absolute atomic E-state index is 0.0852. The van der Waals surface area contributed by atoms with Crippen molar-refractivity contribution < 1.29 is 9.72 Å². The molecular weight excluding hydrogens is 374 g/mol. The number of piperazine rings is 1. The highest BCUT2D eigenvalue weighted by Gasteiger charge is 2.24. The zero-order chi connectivity index (χ0) is 20.4. The molecule has 1 saturated heterocycles. The Balaban J connectivity index is 1.46. The predicted octanol–water partition coefficient (Wildman–Crippen LogP) is 1.84. The lowest BCUT2D eigenvalue weighted by Gasteiger charge is -2.35. The van der Waals surface area contributed by atoms with Crippen molar-refractivity contribution in [1.29, 1.82) is 0 Å².